The number of hydrogen-bond acceptors (Lipinski definition) is 6. The molecule has 0 amide bonds. The summed E-state index contributed by atoms with van der Waals surface area (Å²) in [5, 5.41) is 14.2. The van der Waals surface area contributed by atoms with Gasteiger partial charge in [-0.3, -0.25) is 10.1 Å². The van der Waals surface area contributed by atoms with Gasteiger partial charge < -0.3 is 15.0 Å². The lowest BCUT2D eigenvalue weighted by Gasteiger charge is -2.17. The van der Waals surface area contributed by atoms with Gasteiger partial charge in [-0.05, 0) is 30.5 Å². The number of ether oxygens (including phenoxy) is 1. The molecule has 1 aromatic carbocycles. The van der Waals surface area contributed by atoms with Gasteiger partial charge >= 0.3 is 0 Å². The first-order valence-corrected chi connectivity index (χ1v) is 8.04. The van der Waals surface area contributed by atoms with Crippen LogP contribution in [0.15, 0.2) is 30.5 Å². The van der Waals surface area contributed by atoms with E-state index in [1.165, 1.54) is 13.2 Å². The van der Waals surface area contributed by atoms with Gasteiger partial charge in [0.2, 0.25) is 0 Å². The zero-order valence-corrected chi connectivity index (χ0v) is 13.9. The average Bonchev–Trinajstić information content (AvgIpc) is 3.15. The maximum Gasteiger partial charge on any atom is 0.295 e. The quantitative estimate of drug-likeness (QED) is 0.638. The highest BCUT2D eigenvalue weighted by Crippen LogP contribution is 2.32. The third-order valence-corrected chi connectivity index (χ3v) is 4.19. The highest BCUT2D eigenvalue weighted by atomic mass is 19.1. The largest absolute Gasteiger partial charge is 0.494 e. The molecule has 7 nitrogen and oxygen atoms in total. The van der Waals surface area contributed by atoms with Crippen LogP contribution in [0.1, 0.15) is 18.4 Å². The molecule has 0 unspecified atom stereocenters. The standard InChI is InChI=1S/C17H19FN4O3/c1-25-16-10-14(15(22(23)24)9-13(16)18)20-11-12-4-5-19-17(8-12)21-6-2-3-7-21/h4-5,8-10,20H,2-3,6-7,11H2,1H3. The molecule has 1 fully saturated rings. The zero-order valence-electron chi connectivity index (χ0n) is 13.9. The number of hydrogen-bond donors (Lipinski definition) is 1. The van der Waals surface area contributed by atoms with E-state index < -0.39 is 10.7 Å². The predicted molar refractivity (Wildman–Crippen MR) is 92.6 cm³/mol. The molecule has 0 spiro atoms. The first-order valence-electron chi connectivity index (χ1n) is 8.04. The molecule has 132 valence electrons. The maximum atomic E-state index is 13.7. The number of nitrogens with one attached hydrogen (secondary N) is 1. The van der Waals surface area contributed by atoms with E-state index in [1.807, 2.05) is 12.1 Å². The molecule has 1 aromatic heterocycles. The van der Waals surface area contributed by atoms with Crippen molar-refractivity contribution in [3.05, 3.63) is 52.0 Å². The van der Waals surface area contributed by atoms with Crippen molar-refractivity contribution in [3.63, 3.8) is 0 Å². The number of halogens is 1. The van der Waals surface area contributed by atoms with Crippen molar-refractivity contribution in [3.8, 4) is 5.75 Å². The monoisotopic (exact) mass is 346 g/mol. The Hall–Kier alpha value is -2.90. The smallest absolute Gasteiger partial charge is 0.295 e. The van der Waals surface area contributed by atoms with Gasteiger partial charge in [-0.2, -0.15) is 0 Å². The molecule has 0 atom stereocenters. The summed E-state index contributed by atoms with van der Waals surface area (Å²) >= 11 is 0. The fraction of sp³-hybridized carbons (Fsp3) is 0.353. The van der Waals surface area contributed by atoms with Crippen LogP contribution in [0.25, 0.3) is 0 Å². The Bertz CT molecular complexity index is 778. The summed E-state index contributed by atoms with van der Waals surface area (Å²) in [5.74, 6) is 0.101. The Morgan fingerprint density at radius 3 is 2.80 bits per heavy atom. The highest BCUT2D eigenvalue weighted by molar-refractivity contribution is 5.64. The lowest BCUT2D eigenvalue weighted by molar-refractivity contribution is -0.384. The summed E-state index contributed by atoms with van der Waals surface area (Å²) < 4.78 is 18.6. The number of anilines is 2. The Morgan fingerprint density at radius 2 is 2.12 bits per heavy atom. The van der Waals surface area contributed by atoms with Gasteiger partial charge in [-0.1, -0.05) is 0 Å². The van der Waals surface area contributed by atoms with Crippen LogP contribution in [-0.2, 0) is 6.54 Å². The summed E-state index contributed by atoms with van der Waals surface area (Å²) in [5.41, 5.74) is 0.824. The average molecular weight is 346 g/mol. The number of nitro groups is 1. The fourth-order valence-electron chi connectivity index (χ4n) is 2.88. The van der Waals surface area contributed by atoms with E-state index in [1.54, 1.807) is 6.20 Å². The number of pyridine rings is 1. The van der Waals surface area contributed by atoms with Crippen molar-refractivity contribution in [2.45, 2.75) is 19.4 Å². The van der Waals surface area contributed by atoms with E-state index >= 15 is 0 Å². The molecule has 1 aliphatic rings. The van der Waals surface area contributed by atoms with Crippen LogP contribution in [0.4, 0.5) is 21.6 Å². The summed E-state index contributed by atoms with van der Waals surface area (Å²) in [6, 6.07) is 5.98. The highest BCUT2D eigenvalue weighted by Gasteiger charge is 2.19. The molecule has 1 saturated heterocycles. The van der Waals surface area contributed by atoms with Gasteiger partial charge in [0.1, 0.15) is 11.5 Å². The van der Waals surface area contributed by atoms with Crippen molar-refractivity contribution >= 4 is 17.2 Å². The molecule has 0 saturated carbocycles. The Labute approximate surface area is 144 Å². The van der Waals surface area contributed by atoms with Crippen LogP contribution < -0.4 is 15.0 Å². The molecular weight excluding hydrogens is 327 g/mol. The van der Waals surface area contributed by atoms with Crippen molar-refractivity contribution in [1.82, 2.24) is 4.98 Å². The summed E-state index contributed by atoms with van der Waals surface area (Å²) in [4.78, 5) is 17.1. The minimum absolute atomic E-state index is 0.0411. The molecule has 0 bridgehead atoms. The van der Waals surface area contributed by atoms with Crippen LogP contribution in [0, 0.1) is 15.9 Å². The Balaban J connectivity index is 1.79. The van der Waals surface area contributed by atoms with Crippen molar-refractivity contribution in [2.24, 2.45) is 0 Å². The van der Waals surface area contributed by atoms with Crippen LogP contribution in [0.2, 0.25) is 0 Å². The van der Waals surface area contributed by atoms with E-state index in [-0.39, 0.29) is 17.1 Å². The van der Waals surface area contributed by atoms with E-state index in [4.69, 9.17) is 4.74 Å². The minimum atomic E-state index is -0.764. The van der Waals surface area contributed by atoms with Crippen molar-refractivity contribution < 1.29 is 14.1 Å². The van der Waals surface area contributed by atoms with Gasteiger partial charge in [-0.15, -0.1) is 0 Å². The maximum absolute atomic E-state index is 13.7. The van der Waals surface area contributed by atoms with Gasteiger partial charge in [0.15, 0.2) is 11.6 Å². The molecule has 0 radical (unpaired) electrons. The number of methoxy groups -OCH3 is 1. The first-order chi connectivity index (χ1) is 12.1. The van der Waals surface area contributed by atoms with Gasteiger partial charge in [-0.25, -0.2) is 9.37 Å². The minimum Gasteiger partial charge on any atom is -0.494 e. The van der Waals surface area contributed by atoms with Crippen molar-refractivity contribution in [2.75, 3.05) is 30.4 Å². The molecule has 8 heteroatoms. The first kappa shape index (κ1) is 16.9. The molecule has 1 aliphatic heterocycles. The number of benzene rings is 1. The number of aromatic nitrogens is 1. The molecule has 3 rings (SSSR count). The van der Waals surface area contributed by atoms with Crippen LogP contribution >= 0.6 is 0 Å². The topological polar surface area (TPSA) is 80.5 Å². The van der Waals surface area contributed by atoms with E-state index in [2.05, 4.69) is 15.2 Å². The molecule has 0 aliphatic carbocycles. The summed E-state index contributed by atoms with van der Waals surface area (Å²) in [6.07, 6.45) is 4.04. The summed E-state index contributed by atoms with van der Waals surface area (Å²) in [7, 11) is 1.32. The van der Waals surface area contributed by atoms with Crippen LogP contribution in [-0.4, -0.2) is 30.1 Å². The predicted octanol–water partition coefficient (Wildman–Crippen LogP) is 3.35. The molecule has 25 heavy (non-hydrogen) atoms. The van der Waals surface area contributed by atoms with Gasteiger partial charge in [0, 0.05) is 31.9 Å². The normalized spacial score (nSPS) is 13.8. The molecule has 2 aromatic rings. The second kappa shape index (κ2) is 7.33. The molecule has 2 heterocycles. The number of nitro benzene ring substituents is 1. The Kier molecular flexibility index (Phi) is 4.97. The molecular formula is C17H19FN4O3. The van der Waals surface area contributed by atoms with Gasteiger partial charge in [0.25, 0.3) is 5.69 Å². The second-order valence-electron chi connectivity index (χ2n) is 5.83. The number of rotatable bonds is 6. The lowest BCUT2D eigenvalue weighted by atomic mass is 10.2. The number of nitrogens with zero attached hydrogens (tertiary/aromatic N) is 3. The second-order valence-corrected chi connectivity index (χ2v) is 5.83. The lowest BCUT2D eigenvalue weighted by Crippen LogP contribution is -2.19. The SMILES string of the molecule is COc1cc(NCc2ccnc(N3CCCC3)c2)c([N+](=O)[O-])cc1F. The Morgan fingerprint density at radius 1 is 1.36 bits per heavy atom. The van der Waals surface area contributed by atoms with E-state index in [0.29, 0.717) is 6.54 Å². The van der Waals surface area contributed by atoms with Crippen LogP contribution in [0.3, 0.4) is 0 Å². The third kappa shape index (κ3) is 3.78. The summed E-state index contributed by atoms with van der Waals surface area (Å²) in [6.45, 7) is 2.34. The van der Waals surface area contributed by atoms with Crippen LogP contribution in [0.5, 0.6) is 5.75 Å². The van der Waals surface area contributed by atoms with E-state index in [9.17, 15) is 14.5 Å². The zero-order chi connectivity index (χ0) is 17.8. The van der Waals surface area contributed by atoms with E-state index in [0.717, 1.165) is 43.4 Å². The van der Waals surface area contributed by atoms with Crippen molar-refractivity contribution in [1.29, 1.82) is 0 Å². The third-order valence-electron chi connectivity index (χ3n) is 4.19. The molecule has 1 N–H and O–H groups in total. The van der Waals surface area contributed by atoms with Gasteiger partial charge in [0.05, 0.1) is 18.1 Å². The fourth-order valence-corrected chi connectivity index (χ4v) is 2.88.